The number of nitrogens with one attached hydrogen (secondary N) is 1. The molecular formula is C13H20F2N2O2. The molecule has 0 aromatic carbocycles. The first-order chi connectivity index (χ1) is 8.90. The van der Waals surface area contributed by atoms with E-state index in [4.69, 9.17) is 0 Å². The van der Waals surface area contributed by atoms with Crippen molar-refractivity contribution in [3.63, 3.8) is 0 Å². The second kappa shape index (κ2) is 5.43. The van der Waals surface area contributed by atoms with E-state index in [-0.39, 0.29) is 23.7 Å². The van der Waals surface area contributed by atoms with E-state index >= 15 is 0 Å². The number of nitrogens with zero attached hydrogens (tertiary/aromatic N) is 1. The molecule has 19 heavy (non-hydrogen) atoms. The van der Waals surface area contributed by atoms with Gasteiger partial charge in [-0.3, -0.25) is 9.59 Å². The van der Waals surface area contributed by atoms with E-state index in [9.17, 15) is 18.4 Å². The molecule has 0 radical (unpaired) electrons. The third kappa shape index (κ3) is 3.22. The van der Waals surface area contributed by atoms with Gasteiger partial charge in [0.05, 0.1) is 6.54 Å². The Balaban J connectivity index is 2.15. The Labute approximate surface area is 111 Å². The van der Waals surface area contributed by atoms with Gasteiger partial charge in [-0.15, -0.1) is 0 Å². The van der Waals surface area contributed by atoms with Crippen molar-refractivity contribution < 1.29 is 18.4 Å². The van der Waals surface area contributed by atoms with Gasteiger partial charge >= 0.3 is 0 Å². The maximum absolute atomic E-state index is 12.6. The average molecular weight is 274 g/mol. The van der Waals surface area contributed by atoms with Gasteiger partial charge in [-0.2, -0.15) is 0 Å². The fourth-order valence-corrected chi connectivity index (χ4v) is 2.66. The van der Waals surface area contributed by atoms with Crippen LogP contribution in [-0.2, 0) is 9.59 Å². The van der Waals surface area contributed by atoms with Gasteiger partial charge < -0.3 is 10.2 Å². The number of carbonyl (C=O) groups excluding carboxylic acids is 2. The van der Waals surface area contributed by atoms with Crippen molar-refractivity contribution in [1.29, 1.82) is 0 Å². The standard InChI is InChI=1S/C13H20F2N2O2/c1-7(2)5-9-13(19)17(6-10(14)15)11(8-3-4-8)12(18)16-9/h7-11H,3-6H2,1-2H3,(H,16,18). The van der Waals surface area contributed by atoms with Crippen LogP contribution in [0.15, 0.2) is 0 Å². The van der Waals surface area contributed by atoms with E-state index in [1.807, 2.05) is 13.8 Å². The van der Waals surface area contributed by atoms with Crippen LogP contribution in [0.5, 0.6) is 0 Å². The topological polar surface area (TPSA) is 49.4 Å². The molecule has 0 bridgehead atoms. The molecule has 2 rings (SSSR count). The quantitative estimate of drug-likeness (QED) is 0.824. The van der Waals surface area contributed by atoms with Gasteiger partial charge in [0.25, 0.3) is 6.43 Å². The van der Waals surface area contributed by atoms with E-state index in [2.05, 4.69) is 5.32 Å². The first kappa shape index (κ1) is 14.2. The molecule has 1 aliphatic heterocycles. The minimum absolute atomic E-state index is 0.0581. The van der Waals surface area contributed by atoms with E-state index in [1.54, 1.807) is 0 Å². The van der Waals surface area contributed by atoms with Crippen LogP contribution in [0.1, 0.15) is 33.1 Å². The summed E-state index contributed by atoms with van der Waals surface area (Å²) in [6.07, 6.45) is -0.447. The Kier molecular flexibility index (Phi) is 4.06. The minimum Gasteiger partial charge on any atom is -0.342 e. The highest BCUT2D eigenvalue weighted by atomic mass is 19.3. The van der Waals surface area contributed by atoms with E-state index in [0.717, 1.165) is 17.7 Å². The van der Waals surface area contributed by atoms with E-state index in [0.29, 0.717) is 6.42 Å². The fourth-order valence-electron chi connectivity index (χ4n) is 2.66. The summed E-state index contributed by atoms with van der Waals surface area (Å²) in [6, 6.07) is -1.34. The highest BCUT2D eigenvalue weighted by Crippen LogP contribution is 2.37. The van der Waals surface area contributed by atoms with Crippen molar-refractivity contribution in [1.82, 2.24) is 10.2 Å². The largest absolute Gasteiger partial charge is 0.342 e. The van der Waals surface area contributed by atoms with E-state index in [1.165, 1.54) is 0 Å². The molecule has 0 aromatic rings. The van der Waals surface area contributed by atoms with Gasteiger partial charge in [-0.25, -0.2) is 8.78 Å². The number of halogens is 2. The van der Waals surface area contributed by atoms with Crippen LogP contribution in [0.2, 0.25) is 0 Å². The maximum atomic E-state index is 12.6. The lowest BCUT2D eigenvalue weighted by Gasteiger charge is -2.39. The molecule has 0 aromatic heterocycles. The summed E-state index contributed by atoms with van der Waals surface area (Å²) in [5.41, 5.74) is 0. The molecule has 1 saturated carbocycles. The van der Waals surface area contributed by atoms with Crippen molar-refractivity contribution in [3.8, 4) is 0 Å². The molecule has 4 nitrogen and oxygen atoms in total. The van der Waals surface area contributed by atoms with Crippen molar-refractivity contribution in [2.24, 2.45) is 11.8 Å². The van der Waals surface area contributed by atoms with E-state index < -0.39 is 25.1 Å². The van der Waals surface area contributed by atoms with Gasteiger partial charge in [0.1, 0.15) is 12.1 Å². The lowest BCUT2D eigenvalue weighted by atomic mass is 9.97. The van der Waals surface area contributed by atoms with Gasteiger partial charge in [0, 0.05) is 0 Å². The van der Waals surface area contributed by atoms with Gasteiger partial charge in [-0.1, -0.05) is 13.8 Å². The summed E-state index contributed by atoms with van der Waals surface area (Å²) in [5, 5.41) is 2.70. The van der Waals surface area contributed by atoms with Crippen LogP contribution >= 0.6 is 0 Å². The summed E-state index contributed by atoms with van der Waals surface area (Å²) in [4.78, 5) is 25.4. The Hall–Kier alpha value is -1.20. The number of amides is 2. The van der Waals surface area contributed by atoms with Crippen molar-refractivity contribution >= 4 is 11.8 Å². The van der Waals surface area contributed by atoms with Gasteiger partial charge in [0.2, 0.25) is 11.8 Å². The second-order valence-electron chi connectivity index (χ2n) is 5.85. The Morgan fingerprint density at radius 1 is 1.32 bits per heavy atom. The molecule has 1 saturated heterocycles. The summed E-state index contributed by atoms with van der Waals surface area (Å²) in [6.45, 7) is 3.23. The predicted octanol–water partition coefficient (Wildman–Crippen LogP) is 1.40. The fraction of sp³-hybridized carbons (Fsp3) is 0.846. The molecule has 2 amide bonds. The smallest absolute Gasteiger partial charge is 0.255 e. The zero-order valence-corrected chi connectivity index (χ0v) is 11.2. The molecule has 1 aliphatic carbocycles. The molecular weight excluding hydrogens is 254 g/mol. The van der Waals surface area contributed by atoms with Crippen LogP contribution in [-0.4, -0.2) is 41.8 Å². The molecule has 0 spiro atoms. The molecule has 1 N–H and O–H groups in total. The van der Waals surface area contributed by atoms with Crippen LogP contribution < -0.4 is 5.32 Å². The summed E-state index contributed by atoms with van der Waals surface area (Å²) in [7, 11) is 0. The van der Waals surface area contributed by atoms with Gasteiger partial charge in [0.15, 0.2) is 0 Å². The molecule has 2 aliphatic rings. The third-order valence-corrected chi connectivity index (χ3v) is 3.61. The first-order valence-electron chi connectivity index (χ1n) is 6.79. The zero-order chi connectivity index (χ0) is 14.2. The van der Waals surface area contributed by atoms with Gasteiger partial charge in [-0.05, 0) is 31.1 Å². The highest BCUT2D eigenvalue weighted by Gasteiger charge is 2.48. The average Bonchev–Trinajstić information content (AvgIpc) is 3.07. The van der Waals surface area contributed by atoms with Crippen molar-refractivity contribution in [2.75, 3.05) is 6.54 Å². The van der Waals surface area contributed by atoms with Crippen LogP contribution in [0.25, 0.3) is 0 Å². The first-order valence-corrected chi connectivity index (χ1v) is 6.79. The minimum atomic E-state index is -2.60. The number of hydrogen-bond donors (Lipinski definition) is 1. The molecule has 2 unspecified atom stereocenters. The lowest BCUT2D eigenvalue weighted by molar-refractivity contribution is -0.152. The van der Waals surface area contributed by atoms with Crippen LogP contribution in [0, 0.1) is 11.8 Å². The normalized spacial score (nSPS) is 28.2. The highest BCUT2D eigenvalue weighted by molar-refractivity contribution is 5.97. The second-order valence-corrected chi connectivity index (χ2v) is 5.85. The monoisotopic (exact) mass is 274 g/mol. The third-order valence-electron chi connectivity index (χ3n) is 3.61. The van der Waals surface area contributed by atoms with Crippen molar-refractivity contribution in [2.45, 2.75) is 51.6 Å². The number of hydrogen-bond acceptors (Lipinski definition) is 2. The molecule has 2 fully saturated rings. The summed E-state index contributed by atoms with van der Waals surface area (Å²) >= 11 is 0. The Morgan fingerprint density at radius 3 is 2.42 bits per heavy atom. The summed E-state index contributed by atoms with van der Waals surface area (Å²) < 4.78 is 25.3. The van der Waals surface area contributed by atoms with Crippen LogP contribution in [0.3, 0.4) is 0 Å². The van der Waals surface area contributed by atoms with Crippen molar-refractivity contribution in [3.05, 3.63) is 0 Å². The number of carbonyl (C=O) groups is 2. The molecule has 108 valence electrons. The number of alkyl halides is 2. The molecule has 1 heterocycles. The zero-order valence-electron chi connectivity index (χ0n) is 11.2. The SMILES string of the molecule is CC(C)CC1NC(=O)C(C2CC2)N(CC(F)F)C1=O. The number of piperazine rings is 1. The Bertz CT molecular complexity index is 370. The molecule has 6 heteroatoms. The molecule has 2 atom stereocenters. The Morgan fingerprint density at radius 2 is 1.95 bits per heavy atom. The summed E-state index contributed by atoms with van der Waals surface area (Å²) in [5.74, 6) is -0.346. The van der Waals surface area contributed by atoms with Crippen LogP contribution in [0.4, 0.5) is 8.78 Å². The number of rotatable bonds is 5. The predicted molar refractivity (Wildman–Crippen MR) is 65.6 cm³/mol. The lowest BCUT2D eigenvalue weighted by Crippen LogP contribution is -2.65. The maximum Gasteiger partial charge on any atom is 0.255 e.